The molecule has 1 aromatic rings. The molecule has 0 radical (unpaired) electrons. The smallest absolute Gasteiger partial charge is 0.239 e. The summed E-state index contributed by atoms with van der Waals surface area (Å²) in [4.78, 5) is 18.5. The predicted molar refractivity (Wildman–Crippen MR) is 47.6 cm³/mol. The van der Waals surface area contributed by atoms with Gasteiger partial charge in [0.05, 0.1) is 12.2 Å². The average Bonchev–Trinajstić information content (AvgIpc) is 2.18. The molecule has 0 aromatic carbocycles. The molecule has 0 aliphatic heterocycles. The number of nitrogens with two attached hydrogens (primary N) is 2. The second kappa shape index (κ2) is 4.48. The van der Waals surface area contributed by atoms with Gasteiger partial charge in [-0.3, -0.25) is 4.79 Å². The van der Waals surface area contributed by atoms with Crippen molar-refractivity contribution in [3.63, 3.8) is 0 Å². The normalized spacial score (nSPS) is 9.69. The third-order valence-corrected chi connectivity index (χ3v) is 1.39. The van der Waals surface area contributed by atoms with Gasteiger partial charge in [0.25, 0.3) is 0 Å². The third kappa shape index (κ3) is 2.77. The molecule has 13 heavy (non-hydrogen) atoms. The number of amides is 1. The number of hydrogen-bond acceptors (Lipinski definition) is 5. The average molecular weight is 181 g/mol. The molecule has 1 amide bonds. The molecular formula is C7H11N5O. The molecule has 1 heterocycles. The second-order valence-electron chi connectivity index (χ2n) is 2.35. The summed E-state index contributed by atoms with van der Waals surface area (Å²) in [5.74, 6) is 0.132. The minimum atomic E-state index is -0.290. The van der Waals surface area contributed by atoms with Gasteiger partial charge >= 0.3 is 0 Å². The van der Waals surface area contributed by atoms with Gasteiger partial charge in [0, 0.05) is 12.6 Å². The van der Waals surface area contributed by atoms with Gasteiger partial charge in [-0.25, -0.2) is 9.97 Å². The number of nitrogens with zero attached hydrogens (tertiary/aromatic N) is 2. The summed E-state index contributed by atoms with van der Waals surface area (Å²) >= 11 is 0. The van der Waals surface area contributed by atoms with Crippen LogP contribution in [0.5, 0.6) is 0 Å². The van der Waals surface area contributed by atoms with Gasteiger partial charge in [-0.15, -0.1) is 0 Å². The van der Waals surface area contributed by atoms with Gasteiger partial charge in [0.15, 0.2) is 0 Å². The summed E-state index contributed by atoms with van der Waals surface area (Å²) < 4.78 is 0. The van der Waals surface area contributed by atoms with E-state index in [1.807, 2.05) is 0 Å². The number of anilines is 1. The van der Waals surface area contributed by atoms with E-state index in [0.29, 0.717) is 18.1 Å². The molecule has 0 bridgehead atoms. The van der Waals surface area contributed by atoms with Crippen LogP contribution in [0.3, 0.4) is 0 Å². The van der Waals surface area contributed by atoms with E-state index in [9.17, 15) is 4.79 Å². The molecular weight excluding hydrogens is 170 g/mol. The highest BCUT2D eigenvalue weighted by Crippen LogP contribution is 2.02. The molecule has 0 aliphatic carbocycles. The van der Waals surface area contributed by atoms with Crippen LogP contribution in [-0.2, 0) is 11.3 Å². The second-order valence-corrected chi connectivity index (χ2v) is 2.35. The minimum Gasteiger partial charge on any atom is -0.325 e. The van der Waals surface area contributed by atoms with Gasteiger partial charge in [0.2, 0.25) is 5.91 Å². The van der Waals surface area contributed by atoms with Gasteiger partial charge < -0.3 is 16.8 Å². The first-order valence-corrected chi connectivity index (χ1v) is 3.77. The molecule has 0 spiro atoms. The van der Waals surface area contributed by atoms with Crippen LogP contribution in [0.25, 0.3) is 0 Å². The van der Waals surface area contributed by atoms with Crippen LogP contribution in [0.1, 0.15) is 5.69 Å². The van der Waals surface area contributed by atoms with Crippen molar-refractivity contribution >= 4 is 11.7 Å². The fourth-order valence-electron chi connectivity index (χ4n) is 0.771. The number of carbonyl (C=O) groups is 1. The first-order chi connectivity index (χ1) is 6.26. The summed E-state index contributed by atoms with van der Waals surface area (Å²) in [7, 11) is 0. The maximum atomic E-state index is 10.9. The predicted octanol–water partition coefficient (Wildman–Crippen LogP) is -1.17. The van der Waals surface area contributed by atoms with E-state index >= 15 is 0 Å². The Labute approximate surface area is 75.4 Å². The zero-order valence-corrected chi connectivity index (χ0v) is 7.03. The number of carbonyl (C=O) groups excluding carboxylic acids is 1. The fraction of sp³-hybridized carbons (Fsp3) is 0.286. The topological polar surface area (TPSA) is 107 Å². The standard InChI is InChI=1S/C7H11N5O/c8-2-5-1-6(11-4-10-5)12-7(13)3-9/h1,4H,2-3,8-9H2,(H,10,11,12,13). The molecule has 5 N–H and O–H groups in total. The Morgan fingerprint density at radius 1 is 1.46 bits per heavy atom. The SMILES string of the molecule is NCC(=O)Nc1cc(CN)ncn1. The van der Waals surface area contributed by atoms with Crippen molar-refractivity contribution in [2.75, 3.05) is 11.9 Å². The van der Waals surface area contributed by atoms with Crippen LogP contribution in [0.4, 0.5) is 5.82 Å². The molecule has 0 fully saturated rings. The first-order valence-electron chi connectivity index (χ1n) is 3.77. The highest BCUT2D eigenvalue weighted by atomic mass is 16.1. The van der Waals surface area contributed by atoms with Crippen molar-refractivity contribution in [2.24, 2.45) is 11.5 Å². The van der Waals surface area contributed by atoms with Crippen molar-refractivity contribution in [3.05, 3.63) is 18.1 Å². The van der Waals surface area contributed by atoms with Gasteiger partial charge in [-0.2, -0.15) is 0 Å². The summed E-state index contributed by atoms with van der Waals surface area (Å²) in [5, 5.41) is 2.50. The zero-order chi connectivity index (χ0) is 9.68. The van der Waals surface area contributed by atoms with Crippen LogP contribution in [-0.4, -0.2) is 22.4 Å². The van der Waals surface area contributed by atoms with Crippen LogP contribution in [0, 0.1) is 0 Å². The van der Waals surface area contributed by atoms with Gasteiger partial charge in [0.1, 0.15) is 12.1 Å². The van der Waals surface area contributed by atoms with Crippen LogP contribution in [0.2, 0.25) is 0 Å². The van der Waals surface area contributed by atoms with E-state index < -0.39 is 0 Å². The summed E-state index contributed by atoms with van der Waals surface area (Å²) in [6.45, 7) is 0.246. The maximum absolute atomic E-state index is 10.9. The number of rotatable bonds is 3. The fourth-order valence-corrected chi connectivity index (χ4v) is 0.771. The molecule has 6 heteroatoms. The monoisotopic (exact) mass is 181 g/mol. The van der Waals surface area contributed by atoms with Crippen LogP contribution >= 0.6 is 0 Å². The largest absolute Gasteiger partial charge is 0.325 e. The van der Waals surface area contributed by atoms with Crippen molar-refractivity contribution in [3.8, 4) is 0 Å². The Bertz CT molecular complexity index is 301. The summed E-state index contributed by atoms with van der Waals surface area (Å²) in [5.41, 5.74) is 11.1. The van der Waals surface area contributed by atoms with E-state index in [0.717, 1.165) is 0 Å². The first kappa shape index (κ1) is 9.56. The molecule has 0 atom stereocenters. The summed E-state index contributed by atoms with van der Waals surface area (Å²) in [6.07, 6.45) is 1.34. The van der Waals surface area contributed by atoms with E-state index in [-0.39, 0.29) is 12.5 Å². The Balaban J connectivity index is 2.71. The molecule has 70 valence electrons. The summed E-state index contributed by atoms with van der Waals surface area (Å²) in [6, 6.07) is 1.60. The Kier molecular flexibility index (Phi) is 3.30. The van der Waals surface area contributed by atoms with Gasteiger partial charge in [-0.1, -0.05) is 0 Å². The molecule has 0 unspecified atom stereocenters. The van der Waals surface area contributed by atoms with E-state index in [1.54, 1.807) is 6.07 Å². The highest BCUT2D eigenvalue weighted by molar-refractivity contribution is 5.91. The Hall–Kier alpha value is -1.53. The quantitative estimate of drug-likeness (QED) is 0.544. The van der Waals surface area contributed by atoms with E-state index in [4.69, 9.17) is 11.5 Å². The maximum Gasteiger partial charge on any atom is 0.239 e. The van der Waals surface area contributed by atoms with Crippen LogP contribution in [0.15, 0.2) is 12.4 Å². The lowest BCUT2D eigenvalue weighted by Gasteiger charge is -2.02. The molecule has 6 nitrogen and oxygen atoms in total. The highest BCUT2D eigenvalue weighted by Gasteiger charge is 2.00. The number of nitrogens with one attached hydrogen (secondary N) is 1. The third-order valence-electron chi connectivity index (χ3n) is 1.39. The Morgan fingerprint density at radius 3 is 2.85 bits per heavy atom. The van der Waals surface area contributed by atoms with Gasteiger partial charge in [-0.05, 0) is 0 Å². The number of aromatic nitrogens is 2. The van der Waals surface area contributed by atoms with Crippen molar-refractivity contribution in [1.82, 2.24) is 9.97 Å². The number of hydrogen-bond donors (Lipinski definition) is 3. The molecule has 0 saturated carbocycles. The van der Waals surface area contributed by atoms with Crippen LogP contribution < -0.4 is 16.8 Å². The van der Waals surface area contributed by atoms with Crippen molar-refractivity contribution < 1.29 is 4.79 Å². The molecule has 1 rings (SSSR count). The zero-order valence-electron chi connectivity index (χ0n) is 7.03. The van der Waals surface area contributed by atoms with Crippen molar-refractivity contribution in [1.29, 1.82) is 0 Å². The molecule has 0 saturated heterocycles. The minimum absolute atomic E-state index is 0.0675. The molecule has 1 aromatic heterocycles. The lowest BCUT2D eigenvalue weighted by molar-refractivity contribution is -0.114. The van der Waals surface area contributed by atoms with E-state index in [1.165, 1.54) is 6.33 Å². The molecule has 0 aliphatic rings. The lowest BCUT2D eigenvalue weighted by Crippen LogP contribution is -2.22. The van der Waals surface area contributed by atoms with Crippen molar-refractivity contribution in [2.45, 2.75) is 6.54 Å². The van der Waals surface area contributed by atoms with E-state index in [2.05, 4.69) is 15.3 Å². The lowest BCUT2D eigenvalue weighted by atomic mass is 10.4. The Morgan fingerprint density at radius 2 is 2.23 bits per heavy atom.